The van der Waals surface area contributed by atoms with Gasteiger partial charge in [0, 0.05) is 5.33 Å². The van der Waals surface area contributed by atoms with E-state index in [1.165, 1.54) is 0 Å². The van der Waals surface area contributed by atoms with Crippen molar-refractivity contribution in [1.82, 2.24) is 0 Å². The van der Waals surface area contributed by atoms with Crippen LogP contribution in [0.5, 0.6) is 0 Å². The van der Waals surface area contributed by atoms with Crippen LogP contribution >= 0.6 is 15.9 Å². The molecule has 3 heteroatoms. The SMILES string of the molecule is CC1(C)C(=O)[C@@H]2O[C@@]1(C)C=C2CBr. The van der Waals surface area contributed by atoms with E-state index in [4.69, 9.17) is 4.74 Å². The Morgan fingerprint density at radius 3 is 2.54 bits per heavy atom. The van der Waals surface area contributed by atoms with Crippen LogP contribution in [-0.2, 0) is 9.53 Å². The van der Waals surface area contributed by atoms with Crippen LogP contribution in [0.2, 0.25) is 0 Å². The Balaban J connectivity index is 2.49. The Kier molecular flexibility index (Phi) is 1.77. The molecule has 0 aromatic carbocycles. The fraction of sp³-hybridized carbons (Fsp3) is 0.700. The van der Waals surface area contributed by atoms with Gasteiger partial charge in [0.25, 0.3) is 0 Å². The zero-order valence-electron chi connectivity index (χ0n) is 8.06. The highest BCUT2D eigenvalue weighted by Crippen LogP contribution is 2.51. The van der Waals surface area contributed by atoms with Gasteiger partial charge in [-0.1, -0.05) is 15.9 Å². The molecule has 0 aromatic rings. The number of ether oxygens (including phenoxy) is 1. The summed E-state index contributed by atoms with van der Waals surface area (Å²) in [6.45, 7) is 5.90. The van der Waals surface area contributed by atoms with Crippen molar-refractivity contribution >= 4 is 21.7 Å². The van der Waals surface area contributed by atoms with Gasteiger partial charge in [-0.25, -0.2) is 0 Å². The summed E-state index contributed by atoms with van der Waals surface area (Å²) >= 11 is 3.37. The van der Waals surface area contributed by atoms with Gasteiger partial charge in [-0.3, -0.25) is 4.79 Å². The third kappa shape index (κ3) is 0.947. The van der Waals surface area contributed by atoms with Crippen molar-refractivity contribution in [3.63, 3.8) is 0 Å². The molecule has 2 aliphatic rings. The van der Waals surface area contributed by atoms with Crippen molar-refractivity contribution in [3.05, 3.63) is 11.6 Å². The van der Waals surface area contributed by atoms with Crippen molar-refractivity contribution < 1.29 is 9.53 Å². The second kappa shape index (κ2) is 2.45. The summed E-state index contributed by atoms with van der Waals surface area (Å²) in [5, 5.41) is 0.731. The number of halogens is 1. The van der Waals surface area contributed by atoms with Crippen molar-refractivity contribution in [1.29, 1.82) is 0 Å². The van der Waals surface area contributed by atoms with Crippen molar-refractivity contribution in [2.45, 2.75) is 32.5 Å². The number of carbonyl (C=O) groups is 1. The van der Waals surface area contributed by atoms with Crippen LogP contribution in [-0.4, -0.2) is 22.8 Å². The number of Topliss-reactive ketones (excluding diaryl/α,β-unsaturated/α-hetero) is 1. The highest BCUT2D eigenvalue weighted by atomic mass is 79.9. The van der Waals surface area contributed by atoms with E-state index in [1.807, 2.05) is 20.8 Å². The van der Waals surface area contributed by atoms with Gasteiger partial charge in [-0.05, 0) is 32.4 Å². The summed E-state index contributed by atoms with van der Waals surface area (Å²) < 4.78 is 5.72. The molecule has 0 radical (unpaired) electrons. The first kappa shape index (κ1) is 9.41. The van der Waals surface area contributed by atoms with E-state index in [2.05, 4.69) is 22.0 Å². The zero-order chi connectivity index (χ0) is 9.85. The third-order valence-electron chi connectivity index (χ3n) is 3.41. The number of alkyl halides is 1. The molecule has 2 nitrogen and oxygen atoms in total. The number of fused-ring (bicyclic) bond motifs is 2. The molecule has 0 saturated carbocycles. The maximum Gasteiger partial charge on any atom is 0.174 e. The summed E-state index contributed by atoms with van der Waals surface area (Å²) in [7, 11) is 0. The minimum Gasteiger partial charge on any atom is -0.355 e. The van der Waals surface area contributed by atoms with E-state index < -0.39 is 5.60 Å². The minimum absolute atomic E-state index is 0.215. The van der Waals surface area contributed by atoms with Gasteiger partial charge in [-0.2, -0.15) is 0 Å². The van der Waals surface area contributed by atoms with Crippen molar-refractivity contribution in [3.8, 4) is 0 Å². The maximum absolute atomic E-state index is 11.9. The van der Waals surface area contributed by atoms with Gasteiger partial charge in [0.05, 0.1) is 11.0 Å². The van der Waals surface area contributed by atoms with Crippen LogP contribution in [0.1, 0.15) is 20.8 Å². The Hall–Kier alpha value is -0.150. The van der Waals surface area contributed by atoms with Gasteiger partial charge in [0.1, 0.15) is 6.10 Å². The fourth-order valence-corrected chi connectivity index (χ4v) is 2.47. The minimum atomic E-state index is -0.391. The molecule has 0 spiro atoms. The molecule has 2 bridgehead atoms. The summed E-state index contributed by atoms with van der Waals surface area (Å²) in [6, 6.07) is 0. The molecule has 0 unspecified atom stereocenters. The van der Waals surface area contributed by atoms with E-state index in [9.17, 15) is 4.79 Å². The summed E-state index contributed by atoms with van der Waals surface area (Å²) in [4.78, 5) is 11.9. The third-order valence-corrected chi connectivity index (χ3v) is 4.06. The first-order valence-corrected chi connectivity index (χ1v) is 5.54. The molecular weight excluding hydrogens is 232 g/mol. The molecule has 2 atom stereocenters. The molecule has 1 fully saturated rings. The van der Waals surface area contributed by atoms with Crippen LogP contribution in [0.3, 0.4) is 0 Å². The topological polar surface area (TPSA) is 26.3 Å². The zero-order valence-corrected chi connectivity index (χ0v) is 9.64. The molecule has 13 heavy (non-hydrogen) atoms. The van der Waals surface area contributed by atoms with Crippen LogP contribution in [0, 0.1) is 5.41 Å². The Morgan fingerprint density at radius 1 is 1.54 bits per heavy atom. The average molecular weight is 245 g/mol. The predicted molar refractivity (Wildman–Crippen MR) is 53.9 cm³/mol. The molecule has 1 saturated heterocycles. The molecule has 72 valence electrons. The monoisotopic (exact) mass is 244 g/mol. The van der Waals surface area contributed by atoms with Crippen LogP contribution in [0.15, 0.2) is 11.6 Å². The number of hydrogen-bond donors (Lipinski definition) is 0. The smallest absolute Gasteiger partial charge is 0.174 e. The first-order chi connectivity index (χ1) is 5.92. The fourth-order valence-electron chi connectivity index (χ4n) is 2.01. The lowest BCUT2D eigenvalue weighted by molar-refractivity contribution is -0.126. The van der Waals surface area contributed by atoms with E-state index in [0.29, 0.717) is 0 Å². The van der Waals surface area contributed by atoms with Gasteiger partial charge >= 0.3 is 0 Å². The van der Waals surface area contributed by atoms with E-state index in [-0.39, 0.29) is 17.3 Å². The van der Waals surface area contributed by atoms with Crippen LogP contribution in [0.25, 0.3) is 0 Å². The van der Waals surface area contributed by atoms with E-state index in [1.54, 1.807) is 0 Å². The molecule has 0 amide bonds. The maximum atomic E-state index is 11.9. The molecule has 0 aliphatic carbocycles. The number of ketones is 1. The lowest BCUT2D eigenvalue weighted by atomic mass is 9.70. The Morgan fingerprint density at radius 2 is 2.15 bits per heavy atom. The average Bonchev–Trinajstić information content (AvgIpc) is 2.48. The Bertz CT molecular complexity index is 306. The second-order valence-corrected chi connectivity index (χ2v) is 5.01. The van der Waals surface area contributed by atoms with Crippen LogP contribution in [0.4, 0.5) is 0 Å². The van der Waals surface area contributed by atoms with Crippen molar-refractivity contribution in [2.75, 3.05) is 5.33 Å². The standard InChI is InChI=1S/C10H13BrO2/c1-9(2)8(12)7-6(5-11)4-10(9,3)13-7/h4,7H,5H2,1-3H3/t7-,10+/m1/s1. The van der Waals surface area contributed by atoms with E-state index in [0.717, 1.165) is 10.9 Å². The number of rotatable bonds is 1. The summed E-state index contributed by atoms with van der Waals surface area (Å²) in [5.74, 6) is 0.215. The summed E-state index contributed by atoms with van der Waals surface area (Å²) in [5.41, 5.74) is 0.313. The lowest BCUT2D eigenvalue weighted by Crippen LogP contribution is -2.42. The normalized spacial score (nSPS) is 41.1. The molecule has 2 rings (SSSR count). The lowest BCUT2D eigenvalue weighted by Gasteiger charge is -2.32. The van der Waals surface area contributed by atoms with Gasteiger partial charge in [0.2, 0.25) is 0 Å². The Labute approximate surface area is 86.5 Å². The number of hydrogen-bond acceptors (Lipinski definition) is 2. The predicted octanol–water partition coefficient (Wildman–Crippen LogP) is 2.07. The molecule has 0 N–H and O–H groups in total. The number of carbonyl (C=O) groups excluding carboxylic acids is 1. The van der Waals surface area contributed by atoms with Gasteiger partial charge < -0.3 is 4.74 Å². The molecule has 2 aliphatic heterocycles. The van der Waals surface area contributed by atoms with Gasteiger partial charge in [-0.15, -0.1) is 0 Å². The second-order valence-electron chi connectivity index (χ2n) is 4.45. The molecule has 0 aromatic heterocycles. The van der Waals surface area contributed by atoms with Crippen molar-refractivity contribution in [2.24, 2.45) is 5.41 Å². The van der Waals surface area contributed by atoms with Gasteiger partial charge in [0.15, 0.2) is 5.78 Å². The quantitative estimate of drug-likeness (QED) is 0.522. The largest absolute Gasteiger partial charge is 0.355 e. The summed E-state index contributed by atoms with van der Waals surface area (Å²) in [6.07, 6.45) is 1.80. The van der Waals surface area contributed by atoms with Crippen LogP contribution < -0.4 is 0 Å². The van der Waals surface area contributed by atoms with E-state index >= 15 is 0 Å². The highest BCUT2D eigenvalue weighted by molar-refractivity contribution is 9.09. The highest BCUT2D eigenvalue weighted by Gasteiger charge is 2.61. The molecular formula is C10H13BrO2. The first-order valence-electron chi connectivity index (χ1n) is 4.42. The molecule has 2 heterocycles.